The van der Waals surface area contributed by atoms with Crippen molar-refractivity contribution < 1.29 is 9.84 Å². The van der Waals surface area contributed by atoms with Crippen molar-refractivity contribution in [3.05, 3.63) is 0 Å². The van der Waals surface area contributed by atoms with E-state index in [0.717, 1.165) is 12.8 Å². The Morgan fingerprint density at radius 3 is 2.73 bits per heavy atom. The van der Waals surface area contributed by atoms with E-state index >= 15 is 0 Å². The topological polar surface area (TPSA) is 29.5 Å². The molecule has 1 aliphatic heterocycles. The Labute approximate surface area is 97.8 Å². The molecule has 0 saturated carbocycles. The minimum atomic E-state index is -0.148. The predicted molar refractivity (Wildman–Crippen MR) is 66.4 cm³/mol. The maximum Gasteiger partial charge on any atom is 0.0659 e. The van der Waals surface area contributed by atoms with Crippen molar-refractivity contribution in [2.75, 3.05) is 12.9 Å². The van der Waals surface area contributed by atoms with Crippen LogP contribution in [0.2, 0.25) is 0 Å². The van der Waals surface area contributed by atoms with Gasteiger partial charge in [0.05, 0.1) is 11.7 Å². The van der Waals surface area contributed by atoms with Crippen molar-refractivity contribution in [1.82, 2.24) is 0 Å². The number of aliphatic hydroxyl groups excluding tert-OH is 1. The van der Waals surface area contributed by atoms with Crippen LogP contribution >= 0.6 is 11.8 Å². The monoisotopic (exact) mass is 232 g/mol. The maximum absolute atomic E-state index is 10.1. The molecule has 1 aliphatic rings. The molecule has 1 saturated heterocycles. The normalized spacial score (nSPS) is 25.2. The van der Waals surface area contributed by atoms with E-state index < -0.39 is 0 Å². The summed E-state index contributed by atoms with van der Waals surface area (Å²) in [6, 6.07) is 0. The number of hydrogen-bond acceptors (Lipinski definition) is 3. The summed E-state index contributed by atoms with van der Waals surface area (Å²) in [5, 5.41) is 10.5. The molecule has 0 spiro atoms. The van der Waals surface area contributed by atoms with E-state index in [1.807, 2.05) is 11.8 Å². The molecule has 0 radical (unpaired) electrons. The summed E-state index contributed by atoms with van der Waals surface area (Å²) < 4.78 is 5.36. The molecule has 0 aromatic carbocycles. The van der Waals surface area contributed by atoms with Gasteiger partial charge < -0.3 is 9.84 Å². The third-order valence-electron chi connectivity index (χ3n) is 3.24. The van der Waals surface area contributed by atoms with Gasteiger partial charge in [0.15, 0.2) is 0 Å². The Hall–Kier alpha value is 0.270. The maximum atomic E-state index is 10.1. The number of ether oxygens (including phenoxy) is 1. The van der Waals surface area contributed by atoms with Gasteiger partial charge in [0.1, 0.15) is 0 Å². The minimum absolute atomic E-state index is 0.0969. The molecule has 2 nitrogen and oxygen atoms in total. The molecule has 1 heterocycles. The lowest BCUT2D eigenvalue weighted by Crippen LogP contribution is -2.30. The number of aliphatic hydroxyl groups is 1. The third-order valence-corrected chi connectivity index (χ3v) is 4.74. The van der Waals surface area contributed by atoms with Gasteiger partial charge in [-0.15, -0.1) is 0 Å². The van der Waals surface area contributed by atoms with Crippen LogP contribution in [0.4, 0.5) is 0 Å². The Bertz CT molecular complexity index is 176. The van der Waals surface area contributed by atoms with Crippen LogP contribution in [0.25, 0.3) is 0 Å². The summed E-state index contributed by atoms with van der Waals surface area (Å²) in [7, 11) is 1.74. The largest absolute Gasteiger partial charge is 0.392 e. The molecule has 2 unspecified atom stereocenters. The highest BCUT2D eigenvalue weighted by molar-refractivity contribution is 8.00. The summed E-state index contributed by atoms with van der Waals surface area (Å²) in [5.41, 5.74) is -0.0969. The summed E-state index contributed by atoms with van der Waals surface area (Å²) in [4.78, 5) is 0. The zero-order valence-corrected chi connectivity index (χ0v) is 11.0. The van der Waals surface area contributed by atoms with Gasteiger partial charge in [-0.1, -0.05) is 6.42 Å². The van der Waals surface area contributed by atoms with Crippen LogP contribution in [0.5, 0.6) is 0 Å². The van der Waals surface area contributed by atoms with E-state index in [0.29, 0.717) is 5.25 Å². The zero-order chi connectivity index (χ0) is 11.3. The highest BCUT2D eigenvalue weighted by Gasteiger charge is 2.25. The van der Waals surface area contributed by atoms with Crippen LogP contribution in [-0.4, -0.2) is 34.9 Å². The van der Waals surface area contributed by atoms with Crippen molar-refractivity contribution >= 4 is 11.8 Å². The Balaban J connectivity index is 2.25. The van der Waals surface area contributed by atoms with Gasteiger partial charge in [0.2, 0.25) is 0 Å². The highest BCUT2D eigenvalue weighted by atomic mass is 32.2. The van der Waals surface area contributed by atoms with E-state index in [4.69, 9.17) is 4.74 Å². The molecule has 1 N–H and O–H groups in total. The fraction of sp³-hybridized carbons (Fsp3) is 1.00. The number of hydrogen-bond donors (Lipinski definition) is 1. The van der Waals surface area contributed by atoms with Crippen molar-refractivity contribution in [2.24, 2.45) is 0 Å². The van der Waals surface area contributed by atoms with Crippen molar-refractivity contribution in [3.8, 4) is 0 Å². The molecule has 15 heavy (non-hydrogen) atoms. The van der Waals surface area contributed by atoms with Gasteiger partial charge >= 0.3 is 0 Å². The van der Waals surface area contributed by atoms with Crippen LogP contribution in [0, 0.1) is 0 Å². The molecule has 0 aromatic rings. The van der Waals surface area contributed by atoms with Crippen molar-refractivity contribution in [3.63, 3.8) is 0 Å². The second kappa shape index (κ2) is 6.12. The highest BCUT2D eigenvalue weighted by Crippen LogP contribution is 2.30. The van der Waals surface area contributed by atoms with Crippen LogP contribution in [0.3, 0.4) is 0 Å². The molecule has 1 fully saturated rings. The summed E-state index contributed by atoms with van der Waals surface area (Å²) in [5.74, 6) is 1.22. The van der Waals surface area contributed by atoms with Crippen LogP contribution in [0.15, 0.2) is 0 Å². The molecule has 90 valence electrons. The number of rotatable bonds is 5. The van der Waals surface area contributed by atoms with Gasteiger partial charge in [0, 0.05) is 12.4 Å². The van der Waals surface area contributed by atoms with Gasteiger partial charge in [-0.25, -0.2) is 0 Å². The zero-order valence-electron chi connectivity index (χ0n) is 10.2. The lowest BCUT2D eigenvalue weighted by atomic mass is 9.97. The number of methoxy groups -OCH3 is 1. The summed E-state index contributed by atoms with van der Waals surface area (Å²) in [6.07, 6.45) is 5.42. The Morgan fingerprint density at radius 1 is 1.47 bits per heavy atom. The predicted octanol–water partition coefficient (Wildman–Crippen LogP) is 2.84. The first-order valence-electron chi connectivity index (χ1n) is 5.90. The molecule has 0 aromatic heterocycles. The average molecular weight is 232 g/mol. The summed E-state index contributed by atoms with van der Waals surface area (Å²) >= 11 is 1.94. The van der Waals surface area contributed by atoms with Crippen LogP contribution in [-0.2, 0) is 4.74 Å². The second-order valence-corrected chi connectivity index (χ2v) is 6.32. The smallest absolute Gasteiger partial charge is 0.0659 e. The quantitative estimate of drug-likeness (QED) is 0.790. The first-order valence-corrected chi connectivity index (χ1v) is 6.95. The van der Waals surface area contributed by atoms with Gasteiger partial charge in [-0.3, -0.25) is 0 Å². The first kappa shape index (κ1) is 13.3. The fourth-order valence-corrected chi connectivity index (χ4v) is 3.22. The van der Waals surface area contributed by atoms with Crippen molar-refractivity contribution in [2.45, 2.75) is 62.9 Å². The van der Waals surface area contributed by atoms with E-state index in [1.54, 1.807) is 7.11 Å². The third kappa shape index (κ3) is 4.75. The molecule has 3 heteroatoms. The molecule has 0 aliphatic carbocycles. The summed E-state index contributed by atoms with van der Waals surface area (Å²) in [6.45, 7) is 4.15. The lowest BCUT2D eigenvalue weighted by Gasteiger charge is -2.29. The van der Waals surface area contributed by atoms with Crippen molar-refractivity contribution in [1.29, 1.82) is 0 Å². The minimum Gasteiger partial charge on any atom is -0.392 e. The van der Waals surface area contributed by atoms with E-state index in [9.17, 15) is 5.11 Å². The Kier molecular flexibility index (Phi) is 5.44. The lowest BCUT2D eigenvalue weighted by molar-refractivity contribution is 0.00259. The van der Waals surface area contributed by atoms with E-state index in [2.05, 4.69) is 13.8 Å². The standard InChI is InChI=1S/C12H24O2S/c1-12(2,14-3)8-7-10(13)11-6-4-5-9-15-11/h10-11,13H,4-9H2,1-3H3. The molecular formula is C12H24O2S. The van der Waals surface area contributed by atoms with E-state index in [-0.39, 0.29) is 11.7 Å². The number of thioether (sulfide) groups is 1. The molecule has 2 atom stereocenters. The fourth-order valence-electron chi connectivity index (χ4n) is 1.85. The molecule has 0 bridgehead atoms. The first-order chi connectivity index (χ1) is 7.05. The molecule has 1 rings (SSSR count). The Morgan fingerprint density at radius 2 is 2.20 bits per heavy atom. The molecular weight excluding hydrogens is 208 g/mol. The van der Waals surface area contributed by atoms with Gasteiger partial charge in [-0.2, -0.15) is 11.8 Å². The van der Waals surface area contributed by atoms with Gasteiger partial charge in [0.25, 0.3) is 0 Å². The van der Waals surface area contributed by atoms with Crippen LogP contribution in [0.1, 0.15) is 46.0 Å². The van der Waals surface area contributed by atoms with Gasteiger partial charge in [-0.05, 0) is 45.3 Å². The second-order valence-electron chi connectivity index (χ2n) is 4.97. The average Bonchev–Trinajstić information content (AvgIpc) is 2.27. The molecule has 0 amide bonds. The van der Waals surface area contributed by atoms with E-state index in [1.165, 1.54) is 25.0 Å². The van der Waals surface area contributed by atoms with Crippen LogP contribution < -0.4 is 0 Å². The SMILES string of the molecule is COC(C)(C)CCC(O)C1CCCCS1.